The number of halogens is 3. The van der Waals surface area contributed by atoms with Crippen molar-refractivity contribution in [2.75, 3.05) is 0 Å². The van der Waals surface area contributed by atoms with Gasteiger partial charge in [-0.05, 0) is 17.7 Å². The molecule has 0 aliphatic heterocycles. The number of benzene rings is 1. The first-order chi connectivity index (χ1) is 8.47. The van der Waals surface area contributed by atoms with Crippen LogP contribution in [0.15, 0.2) is 12.1 Å². The van der Waals surface area contributed by atoms with Crippen LogP contribution >= 0.6 is 11.6 Å². The summed E-state index contributed by atoms with van der Waals surface area (Å²) in [6.45, 7) is -3.09. The molecule has 0 heterocycles. The lowest BCUT2D eigenvalue weighted by molar-refractivity contribution is -0.136. The summed E-state index contributed by atoms with van der Waals surface area (Å²) < 4.78 is 28.6. The molecule has 0 atom stereocenters. The van der Waals surface area contributed by atoms with E-state index in [0.29, 0.717) is 5.56 Å². The van der Waals surface area contributed by atoms with E-state index in [1.807, 2.05) is 0 Å². The van der Waals surface area contributed by atoms with Gasteiger partial charge in [0.15, 0.2) is 0 Å². The number of carboxylic acids is 1. The van der Waals surface area contributed by atoms with Crippen LogP contribution in [-0.2, 0) is 17.1 Å². The van der Waals surface area contributed by atoms with E-state index >= 15 is 0 Å². The molecular formula is C11H8ClF2NO3. The van der Waals surface area contributed by atoms with Crippen molar-refractivity contribution < 1.29 is 23.4 Å². The second-order valence-electron chi connectivity index (χ2n) is 3.31. The van der Waals surface area contributed by atoms with Crippen molar-refractivity contribution in [1.29, 1.82) is 5.26 Å². The highest BCUT2D eigenvalue weighted by molar-refractivity contribution is 6.17. The molecule has 0 fully saturated rings. The fourth-order valence-corrected chi connectivity index (χ4v) is 1.62. The van der Waals surface area contributed by atoms with E-state index in [0.717, 1.165) is 6.07 Å². The standard InChI is InChI=1S/C11H8ClF2NO3/c12-4-7-1-6(3-10(16)17)9(18-11(13)14)2-8(7)5-15/h1-2,11H,3-4H2,(H,16,17). The Morgan fingerprint density at radius 1 is 1.50 bits per heavy atom. The number of rotatable bonds is 5. The van der Waals surface area contributed by atoms with Crippen LogP contribution in [-0.4, -0.2) is 17.7 Å². The van der Waals surface area contributed by atoms with Crippen molar-refractivity contribution in [3.63, 3.8) is 0 Å². The molecule has 0 aromatic heterocycles. The first-order valence-electron chi connectivity index (χ1n) is 4.76. The van der Waals surface area contributed by atoms with E-state index in [1.165, 1.54) is 6.07 Å². The topological polar surface area (TPSA) is 70.3 Å². The summed E-state index contributed by atoms with van der Waals surface area (Å²) >= 11 is 5.59. The van der Waals surface area contributed by atoms with Crippen LogP contribution in [0.25, 0.3) is 0 Å². The van der Waals surface area contributed by atoms with Gasteiger partial charge in [-0.15, -0.1) is 11.6 Å². The number of carbonyl (C=O) groups is 1. The molecule has 0 aliphatic carbocycles. The Labute approximate surface area is 106 Å². The molecule has 1 aromatic rings. The maximum Gasteiger partial charge on any atom is 0.387 e. The van der Waals surface area contributed by atoms with Gasteiger partial charge in [0.1, 0.15) is 5.75 Å². The Balaban J connectivity index is 3.27. The van der Waals surface area contributed by atoms with Crippen LogP contribution in [0.3, 0.4) is 0 Å². The molecule has 0 aliphatic rings. The Morgan fingerprint density at radius 3 is 2.61 bits per heavy atom. The van der Waals surface area contributed by atoms with Crippen LogP contribution in [0.2, 0.25) is 0 Å². The van der Waals surface area contributed by atoms with Crippen LogP contribution in [0.5, 0.6) is 5.75 Å². The first kappa shape index (κ1) is 14.2. The molecule has 0 spiro atoms. The van der Waals surface area contributed by atoms with Gasteiger partial charge in [-0.3, -0.25) is 4.79 Å². The fraction of sp³-hybridized carbons (Fsp3) is 0.273. The summed E-state index contributed by atoms with van der Waals surface area (Å²) in [6.07, 6.45) is -0.488. The second-order valence-corrected chi connectivity index (χ2v) is 3.58. The summed E-state index contributed by atoms with van der Waals surface area (Å²) in [5.41, 5.74) is 0.504. The maximum atomic E-state index is 12.2. The van der Waals surface area contributed by atoms with Crippen molar-refractivity contribution in [3.8, 4) is 11.8 Å². The molecule has 0 unspecified atom stereocenters. The van der Waals surface area contributed by atoms with E-state index < -0.39 is 19.0 Å². The lowest BCUT2D eigenvalue weighted by Crippen LogP contribution is -2.09. The minimum atomic E-state index is -3.09. The SMILES string of the molecule is N#Cc1cc(OC(F)F)c(CC(=O)O)cc1CCl. The van der Waals surface area contributed by atoms with Gasteiger partial charge in [-0.25, -0.2) is 0 Å². The van der Waals surface area contributed by atoms with E-state index in [9.17, 15) is 13.6 Å². The van der Waals surface area contributed by atoms with Crippen molar-refractivity contribution >= 4 is 17.6 Å². The number of carboxylic acid groups (broad SMARTS) is 1. The lowest BCUT2D eigenvalue weighted by atomic mass is 10.0. The molecule has 0 amide bonds. The molecule has 1 N–H and O–H groups in total. The van der Waals surface area contributed by atoms with Gasteiger partial charge in [-0.2, -0.15) is 14.0 Å². The predicted molar refractivity (Wildman–Crippen MR) is 58.7 cm³/mol. The minimum Gasteiger partial charge on any atom is -0.481 e. The predicted octanol–water partition coefficient (Wildman–Crippen LogP) is 2.53. The molecule has 1 aromatic carbocycles. The zero-order valence-corrected chi connectivity index (χ0v) is 9.75. The Bertz CT molecular complexity index is 500. The summed E-state index contributed by atoms with van der Waals surface area (Å²) in [4.78, 5) is 10.6. The molecule has 18 heavy (non-hydrogen) atoms. The molecule has 4 nitrogen and oxygen atoms in total. The molecule has 0 bridgehead atoms. The lowest BCUT2D eigenvalue weighted by Gasteiger charge is -2.12. The molecule has 0 saturated carbocycles. The summed E-state index contributed by atoms with van der Waals surface area (Å²) in [6, 6.07) is 4.14. The van der Waals surface area contributed by atoms with Gasteiger partial charge >= 0.3 is 12.6 Å². The summed E-state index contributed by atoms with van der Waals surface area (Å²) in [5, 5.41) is 17.5. The highest BCUT2D eigenvalue weighted by atomic mass is 35.5. The van der Waals surface area contributed by atoms with E-state index in [1.54, 1.807) is 6.07 Å². The summed E-state index contributed by atoms with van der Waals surface area (Å²) in [5.74, 6) is -1.54. The molecule has 96 valence electrons. The van der Waals surface area contributed by atoms with Crippen molar-refractivity contribution in [2.24, 2.45) is 0 Å². The number of hydrogen-bond donors (Lipinski definition) is 1. The quantitative estimate of drug-likeness (QED) is 0.838. The van der Waals surface area contributed by atoms with Gasteiger partial charge in [0.2, 0.25) is 0 Å². The van der Waals surface area contributed by atoms with Crippen LogP contribution in [0.1, 0.15) is 16.7 Å². The van der Waals surface area contributed by atoms with Crippen LogP contribution in [0.4, 0.5) is 8.78 Å². The molecule has 1 rings (SSSR count). The van der Waals surface area contributed by atoms with E-state index in [-0.39, 0.29) is 22.8 Å². The van der Waals surface area contributed by atoms with Gasteiger partial charge < -0.3 is 9.84 Å². The monoisotopic (exact) mass is 275 g/mol. The van der Waals surface area contributed by atoms with Gasteiger partial charge in [0.25, 0.3) is 0 Å². The largest absolute Gasteiger partial charge is 0.481 e. The van der Waals surface area contributed by atoms with E-state index in [4.69, 9.17) is 22.0 Å². The highest BCUT2D eigenvalue weighted by Crippen LogP contribution is 2.26. The van der Waals surface area contributed by atoms with Crippen molar-refractivity contribution in [3.05, 3.63) is 28.8 Å². The van der Waals surface area contributed by atoms with E-state index in [2.05, 4.69) is 4.74 Å². The Hall–Kier alpha value is -1.87. The first-order valence-corrected chi connectivity index (χ1v) is 5.29. The zero-order valence-electron chi connectivity index (χ0n) is 8.99. The van der Waals surface area contributed by atoms with Gasteiger partial charge in [0, 0.05) is 11.4 Å². The number of ether oxygens (including phenoxy) is 1. The smallest absolute Gasteiger partial charge is 0.387 e. The number of hydrogen-bond acceptors (Lipinski definition) is 3. The maximum absolute atomic E-state index is 12.2. The highest BCUT2D eigenvalue weighted by Gasteiger charge is 2.16. The number of alkyl halides is 3. The van der Waals surface area contributed by atoms with Gasteiger partial charge in [-0.1, -0.05) is 0 Å². The molecule has 7 heteroatoms. The van der Waals surface area contributed by atoms with Crippen LogP contribution < -0.4 is 4.74 Å². The third kappa shape index (κ3) is 3.57. The molecule has 0 saturated heterocycles. The second kappa shape index (κ2) is 6.17. The number of aliphatic carboxylic acids is 1. The average molecular weight is 276 g/mol. The van der Waals surface area contributed by atoms with Crippen LogP contribution in [0, 0.1) is 11.3 Å². The minimum absolute atomic E-state index is 0.0233. The average Bonchev–Trinajstić information content (AvgIpc) is 2.29. The van der Waals surface area contributed by atoms with Crippen molar-refractivity contribution in [2.45, 2.75) is 18.9 Å². The Kier molecular flexibility index (Phi) is 4.86. The van der Waals surface area contributed by atoms with Crippen molar-refractivity contribution in [1.82, 2.24) is 0 Å². The number of nitrogens with zero attached hydrogens (tertiary/aromatic N) is 1. The normalized spacial score (nSPS) is 10.2. The van der Waals surface area contributed by atoms with Gasteiger partial charge in [0.05, 0.1) is 18.1 Å². The third-order valence-corrected chi connectivity index (χ3v) is 2.40. The Morgan fingerprint density at radius 2 is 2.17 bits per heavy atom. The zero-order chi connectivity index (χ0) is 13.7. The molecule has 0 radical (unpaired) electrons. The number of nitriles is 1. The summed E-state index contributed by atoms with van der Waals surface area (Å²) in [7, 11) is 0. The third-order valence-electron chi connectivity index (χ3n) is 2.11. The fourth-order valence-electron chi connectivity index (χ4n) is 1.40. The molecular weight excluding hydrogens is 268 g/mol.